The molecule has 1 aliphatic rings. The van der Waals surface area contributed by atoms with Gasteiger partial charge in [-0.3, -0.25) is 9.89 Å². The van der Waals surface area contributed by atoms with E-state index in [1.54, 1.807) is 11.2 Å². The monoisotopic (exact) mass is 189 g/mol. The SMILES string of the molecule is O=C(Nc1ccccc1)N1C=NCC1. The fraction of sp³-hybridized carbons (Fsp3) is 0.200. The number of hydrogen-bond donors (Lipinski definition) is 1. The topological polar surface area (TPSA) is 44.7 Å². The molecule has 1 heterocycles. The highest BCUT2D eigenvalue weighted by Gasteiger charge is 2.13. The standard InChI is InChI=1S/C10H11N3O/c14-10(13-7-6-11-8-13)12-9-4-2-1-3-5-9/h1-5,8H,6-7H2,(H,12,14). The molecule has 0 radical (unpaired) electrons. The largest absolute Gasteiger partial charge is 0.327 e. The average Bonchev–Trinajstić information content (AvgIpc) is 2.72. The lowest BCUT2D eigenvalue weighted by Crippen LogP contribution is -2.32. The molecule has 0 unspecified atom stereocenters. The molecule has 72 valence electrons. The van der Waals surface area contributed by atoms with Crippen LogP contribution in [-0.4, -0.2) is 30.4 Å². The van der Waals surface area contributed by atoms with Gasteiger partial charge in [-0.25, -0.2) is 4.79 Å². The van der Waals surface area contributed by atoms with Crippen molar-refractivity contribution in [2.24, 2.45) is 4.99 Å². The molecule has 1 aromatic rings. The fourth-order valence-corrected chi connectivity index (χ4v) is 1.25. The summed E-state index contributed by atoms with van der Waals surface area (Å²) in [5, 5.41) is 2.78. The van der Waals surface area contributed by atoms with Crippen LogP contribution in [0.4, 0.5) is 10.5 Å². The Labute approximate surface area is 82.3 Å². The van der Waals surface area contributed by atoms with Crippen molar-refractivity contribution in [3.63, 3.8) is 0 Å². The van der Waals surface area contributed by atoms with E-state index in [0.29, 0.717) is 13.1 Å². The molecule has 1 aromatic carbocycles. The van der Waals surface area contributed by atoms with Gasteiger partial charge in [-0.2, -0.15) is 0 Å². The first-order valence-electron chi connectivity index (χ1n) is 4.49. The number of aliphatic imine (C=N–C) groups is 1. The zero-order chi connectivity index (χ0) is 9.80. The summed E-state index contributed by atoms with van der Waals surface area (Å²) >= 11 is 0. The molecule has 4 heteroatoms. The summed E-state index contributed by atoms with van der Waals surface area (Å²) in [6, 6.07) is 9.25. The van der Waals surface area contributed by atoms with E-state index in [2.05, 4.69) is 10.3 Å². The average molecular weight is 189 g/mol. The van der Waals surface area contributed by atoms with Crippen molar-refractivity contribution in [1.29, 1.82) is 0 Å². The normalized spacial score (nSPS) is 14.4. The number of carbonyl (C=O) groups is 1. The smallest absolute Gasteiger partial charge is 0.308 e. The molecule has 0 spiro atoms. The van der Waals surface area contributed by atoms with E-state index >= 15 is 0 Å². The zero-order valence-corrected chi connectivity index (χ0v) is 7.68. The lowest BCUT2D eigenvalue weighted by molar-refractivity contribution is 0.237. The summed E-state index contributed by atoms with van der Waals surface area (Å²) in [4.78, 5) is 17.1. The molecule has 0 atom stereocenters. The Morgan fingerprint density at radius 1 is 1.36 bits per heavy atom. The second-order valence-corrected chi connectivity index (χ2v) is 3.01. The number of urea groups is 1. The van der Waals surface area contributed by atoms with E-state index in [9.17, 15) is 4.79 Å². The third kappa shape index (κ3) is 1.90. The van der Waals surface area contributed by atoms with E-state index < -0.39 is 0 Å². The number of carbonyl (C=O) groups excluding carboxylic acids is 1. The number of nitrogens with zero attached hydrogens (tertiary/aromatic N) is 2. The van der Waals surface area contributed by atoms with Crippen LogP contribution in [-0.2, 0) is 0 Å². The molecule has 1 aliphatic heterocycles. The number of anilines is 1. The molecule has 0 aliphatic carbocycles. The molecule has 0 aromatic heterocycles. The van der Waals surface area contributed by atoms with E-state index in [-0.39, 0.29) is 6.03 Å². The van der Waals surface area contributed by atoms with Crippen LogP contribution in [0.15, 0.2) is 35.3 Å². The molecule has 4 nitrogen and oxygen atoms in total. The number of rotatable bonds is 1. The first-order valence-corrected chi connectivity index (χ1v) is 4.49. The Morgan fingerprint density at radius 2 is 2.14 bits per heavy atom. The van der Waals surface area contributed by atoms with Crippen LogP contribution in [0, 0.1) is 0 Å². The number of hydrogen-bond acceptors (Lipinski definition) is 2. The van der Waals surface area contributed by atoms with Crippen molar-refractivity contribution in [2.75, 3.05) is 18.4 Å². The Balaban J connectivity index is 1.98. The number of para-hydroxylation sites is 1. The first-order chi connectivity index (χ1) is 6.86. The van der Waals surface area contributed by atoms with Crippen LogP contribution >= 0.6 is 0 Å². The Hall–Kier alpha value is -1.84. The minimum absolute atomic E-state index is 0.127. The predicted octanol–water partition coefficient (Wildman–Crippen LogP) is 1.56. The van der Waals surface area contributed by atoms with Gasteiger partial charge in [-0.15, -0.1) is 0 Å². The van der Waals surface area contributed by atoms with Gasteiger partial charge >= 0.3 is 6.03 Å². The van der Waals surface area contributed by atoms with Crippen LogP contribution in [0.2, 0.25) is 0 Å². The lowest BCUT2D eigenvalue weighted by Gasteiger charge is -2.12. The van der Waals surface area contributed by atoms with E-state index in [1.807, 2.05) is 30.3 Å². The van der Waals surface area contributed by atoms with Gasteiger partial charge in [-0.05, 0) is 12.1 Å². The minimum atomic E-state index is -0.127. The summed E-state index contributed by atoms with van der Waals surface area (Å²) in [6.07, 6.45) is 1.57. The molecular weight excluding hydrogens is 178 g/mol. The molecule has 1 N–H and O–H groups in total. The summed E-state index contributed by atoms with van der Waals surface area (Å²) in [7, 11) is 0. The van der Waals surface area contributed by atoms with Gasteiger partial charge < -0.3 is 5.32 Å². The van der Waals surface area contributed by atoms with Gasteiger partial charge in [0.1, 0.15) is 0 Å². The molecule has 0 fully saturated rings. The maximum absolute atomic E-state index is 11.5. The van der Waals surface area contributed by atoms with Crippen molar-refractivity contribution >= 4 is 18.1 Å². The van der Waals surface area contributed by atoms with Gasteiger partial charge in [0.05, 0.1) is 12.9 Å². The van der Waals surface area contributed by atoms with Crippen molar-refractivity contribution in [2.45, 2.75) is 0 Å². The predicted molar refractivity (Wildman–Crippen MR) is 55.5 cm³/mol. The minimum Gasteiger partial charge on any atom is -0.308 e. The molecule has 0 saturated carbocycles. The molecule has 2 amide bonds. The summed E-state index contributed by atoms with van der Waals surface area (Å²) < 4.78 is 0. The molecule has 0 bridgehead atoms. The number of amides is 2. The Kier molecular flexibility index (Phi) is 2.44. The van der Waals surface area contributed by atoms with Crippen molar-refractivity contribution in [3.05, 3.63) is 30.3 Å². The van der Waals surface area contributed by atoms with E-state index in [1.165, 1.54) is 0 Å². The number of benzene rings is 1. The fourth-order valence-electron chi connectivity index (χ4n) is 1.25. The van der Waals surface area contributed by atoms with Gasteiger partial charge in [0.25, 0.3) is 0 Å². The van der Waals surface area contributed by atoms with Crippen LogP contribution in [0.25, 0.3) is 0 Å². The van der Waals surface area contributed by atoms with Crippen LogP contribution < -0.4 is 5.32 Å². The quantitative estimate of drug-likeness (QED) is 0.716. The maximum atomic E-state index is 11.5. The number of nitrogens with one attached hydrogen (secondary N) is 1. The van der Waals surface area contributed by atoms with E-state index in [4.69, 9.17) is 0 Å². The Morgan fingerprint density at radius 3 is 2.79 bits per heavy atom. The van der Waals surface area contributed by atoms with E-state index in [0.717, 1.165) is 5.69 Å². The Bertz CT molecular complexity index is 348. The van der Waals surface area contributed by atoms with Crippen LogP contribution in [0.5, 0.6) is 0 Å². The molecular formula is C10H11N3O. The lowest BCUT2D eigenvalue weighted by atomic mass is 10.3. The highest BCUT2D eigenvalue weighted by atomic mass is 16.2. The zero-order valence-electron chi connectivity index (χ0n) is 7.68. The van der Waals surface area contributed by atoms with Crippen LogP contribution in [0.1, 0.15) is 0 Å². The van der Waals surface area contributed by atoms with Crippen molar-refractivity contribution in [3.8, 4) is 0 Å². The van der Waals surface area contributed by atoms with Gasteiger partial charge in [0.15, 0.2) is 0 Å². The second-order valence-electron chi connectivity index (χ2n) is 3.01. The maximum Gasteiger partial charge on any atom is 0.327 e. The van der Waals surface area contributed by atoms with Crippen LogP contribution in [0.3, 0.4) is 0 Å². The second kappa shape index (κ2) is 3.91. The summed E-state index contributed by atoms with van der Waals surface area (Å²) in [5.74, 6) is 0. The highest BCUT2D eigenvalue weighted by molar-refractivity contribution is 5.96. The van der Waals surface area contributed by atoms with Gasteiger partial charge in [0, 0.05) is 12.2 Å². The van der Waals surface area contributed by atoms with Gasteiger partial charge in [0.2, 0.25) is 0 Å². The molecule has 2 rings (SSSR count). The van der Waals surface area contributed by atoms with Crippen molar-refractivity contribution < 1.29 is 4.79 Å². The summed E-state index contributed by atoms with van der Waals surface area (Å²) in [6.45, 7) is 1.36. The first kappa shape index (κ1) is 8.74. The van der Waals surface area contributed by atoms with Crippen molar-refractivity contribution in [1.82, 2.24) is 4.90 Å². The van der Waals surface area contributed by atoms with Gasteiger partial charge in [-0.1, -0.05) is 18.2 Å². The molecule has 14 heavy (non-hydrogen) atoms. The summed E-state index contributed by atoms with van der Waals surface area (Å²) in [5.41, 5.74) is 0.804. The highest BCUT2D eigenvalue weighted by Crippen LogP contribution is 2.06. The third-order valence-electron chi connectivity index (χ3n) is 1.98. The molecule has 0 saturated heterocycles. The third-order valence-corrected chi connectivity index (χ3v) is 1.98.